The summed E-state index contributed by atoms with van der Waals surface area (Å²) in [5.41, 5.74) is 0. The maximum absolute atomic E-state index is 12.9. The monoisotopic (exact) mass is 270 g/mol. The minimum atomic E-state index is -4.44. The molecule has 0 saturated carbocycles. The van der Waals surface area contributed by atoms with Gasteiger partial charge in [0.2, 0.25) is 0 Å². The number of hydrogen-bond donors (Lipinski definition) is 1. The van der Waals surface area contributed by atoms with Gasteiger partial charge in [0.1, 0.15) is 17.8 Å². The Morgan fingerprint density at radius 1 is 1.47 bits per heavy atom. The number of likely N-dealkylation sites (N-methyl/N-ethyl adjacent to an activating group) is 2. The first-order valence-electron chi connectivity index (χ1n) is 4.87. The van der Waals surface area contributed by atoms with Gasteiger partial charge in [0, 0.05) is 13.2 Å². The molecule has 98 valence electrons. The van der Waals surface area contributed by atoms with E-state index in [4.69, 9.17) is 11.6 Å². The quantitative estimate of drug-likeness (QED) is 0.834. The molecule has 3 nitrogen and oxygen atoms in total. The van der Waals surface area contributed by atoms with E-state index in [2.05, 4.69) is 0 Å². The van der Waals surface area contributed by atoms with E-state index < -0.39 is 24.0 Å². The minimum Gasteiger partial charge on any atom is -0.510 e. The number of allylic oxidation sites excluding steroid dienone is 2. The Balaban J connectivity index is 3.09. The van der Waals surface area contributed by atoms with Gasteiger partial charge in [-0.25, -0.2) is 0 Å². The van der Waals surface area contributed by atoms with Crippen LogP contribution in [0.2, 0.25) is 0 Å². The Labute approximate surface area is 103 Å². The predicted molar refractivity (Wildman–Crippen MR) is 59.7 cm³/mol. The molecular formula is C10H14ClF3N2O. The van der Waals surface area contributed by atoms with Crippen molar-refractivity contribution in [2.24, 2.45) is 0 Å². The third kappa shape index (κ3) is 3.07. The van der Waals surface area contributed by atoms with Crippen LogP contribution >= 0.6 is 11.6 Å². The zero-order valence-electron chi connectivity index (χ0n) is 9.66. The molecule has 0 bridgehead atoms. The summed E-state index contributed by atoms with van der Waals surface area (Å²) in [5, 5.41) is 9.86. The molecular weight excluding hydrogens is 257 g/mol. The second kappa shape index (κ2) is 4.78. The molecule has 1 N–H and O–H groups in total. The number of aliphatic hydroxyl groups is 1. The van der Waals surface area contributed by atoms with Crippen molar-refractivity contribution in [3.63, 3.8) is 0 Å². The van der Waals surface area contributed by atoms with Gasteiger partial charge in [-0.15, -0.1) is 0 Å². The molecule has 2 atom stereocenters. The van der Waals surface area contributed by atoms with Crippen molar-refractivity contribution < 1.29 is 18.3 Å². The molecule has 1 aliphatic heterocycles. The predicted octanol–water partition coefficient (Wildman–Crippen LogP) is 2.32. The summed E-state index contributed by atoms with van der Waals surface area (Å²) >= 11 is 5.66. The lowest BCUT2D eigenvalue weighted by atomic mass is 10.0. The van der Waals surface area contributed by atoms with Crippen LogP contribution in [-0.2, 0) is 0 Å². The van der Waals surface area contributed by atoms with Crippen molar-refractivity contribution in [2.45, 2.75) is 18.3 Å². The highest BCUT2D eigenvalue weighted by Crippen LogP contribution is 2.33. The zero-order chi connectivity index (χ0) is 13.4. The average Bonchev–Trinajstić information content (AvgIpc) is 2.07. The van der Waals surface area contributed by atoms with E-state index >= 15 is 0 Å². The second-order valence-corrected chi connectivity index (χ2v) is 4.58. The molecule has 0 fully saturated rings. The highest BCUT2D eigenvalue weighted by atomic mass is 35.5. The van der Waals surface area contributed by atoms with Gasteiger partial charge in [-0.1, -0.05) is 11.6 Å². The van der Waals surface area contributed by atoms with E-state index in [9.17, 15) is 18.3 Å². The molecule has 17 heavy (non-hydrogen) atoms. The van der Waals surface area contributed by atoms with Crippen LogP contribution in [0.5, 0.6) is 0 Å². The van der Waals surface area contributed by atoms with Crippen LogP contribution in [0.25, 0.3) is 0 Å². The molecule has 0 aromatic heterocycles. The van der Waals surface area contributed by atoms with Crippen molar-refractivity contribution in [3.05, 3.63) is 23.1 Å². The van der Waals surface area contributed by atoms with Crippen molar-refractivity contribution in [1.29, 1.82) is 0 Å². The summed E-state index contributed by atoms with van der Waals surface area (Å²) in [6.45, 7) is 0. The molecule has 0 spiro atoms. The molecule has 0 aliphatic carbocycles. The van der Waals surface area contributed by atoms with Gasteiger partial charge in [0.25, 0.3) is 0 Å². The summed E-state index contributed by atoms with van der Waals surface area (Å²) in [6.07, 6.45) is -1.95. The SMILES string of the molecule is CN(C)C(C1C(O)=CC(Cl)=CN1C)C(F)(F)F. The normalized spacial score (nSPS) is 23.5. The first-order chi connectivity index (χ1) is 7.64. The summed E-state index contributed by atoms with van der Waals surface area (Å²) in [6, 6.07) is -2.99. The van der Waals surface area contributed by atoms with Crippen molar-refractivity contribution >= 4 is 11.6 Å². The Morgan fingerprint density at radius 2 is 2.00 bits per heavy atom. The summed E-state index contributed by atoms with van der Waals surface area (Å²) in [7, 11) is 4.08. The van der Waals surface area contributed by atoms with Gasteiger partial charge in [0.05, 0.1) is 5.03 Å². The fraction of sp³-hybridized carbons (Fsp3) is 0.600. The topological polar surface area (TPSA) is 26.7 Å². The third-order valence-electron chi connectivity index (χ3n) is 2.55. The van der Waals surface area contributed by atoms with E-state index in [0.717, 1.165) is 11.0 Å². The van der Waals surface area contributed by atoms with Crippen LogP contribution in [0.3, 0.4) is 0 Å². The fourth-order valence-electron chi connectivity index (χ4n) is 1.89. The van der Waals surface area contributed by atoms with Crippen LogP contribution in [0.15, 0.2) is 23.1 Å². The Hall–Kier alpha value is -0.880. The number of nitrogens with zero attached hydrogens (tertiary/aromatic N) is 2. The van der Waals surface area contributed by atoms with Crippen LogP contribution in [-0.4, -0.2) is 54.3 Å². The zero-order valence-corrected chi connectivity index (χ0v) is 10.4. The number of alkyl halides is 3. The van der Waals surface area contributed by atoms with Crippen LogP contribution in [0.4, 0.5) is 13.2 Å². The Morgan fingerprint density at radius 3 is 2.35 bits per heavy atom. The van der Waals surface area contributed by atoms with Gasteiger partial charge in [-0.2, -0.15) is 13.2 Å². The molecule has 0 aromatic rings. The maximum Gasteiger partial charge on any atom is 0.406 e. The highest BCUT2D eigenvalue weighted by Gasteiger charge is 2.49. The van der Waals surface area contributed by atoms with Gasteiger partial charge in [-0.05, 0) is 20.2 Å². The van der Waals surface area contributed by atoms with Gasteiger partial charge in [-0.3, -0.25) is 4.90 Å². The van der Waals surface area contributed by atoms with E-state index in [1.807, 2.05) is 0 Å². The van der Waals surface area contributed by atoms with Crippen LogP contribution in [0.1, 0.15) is 0 Å². The first kappa shape index (κ1) is 14.2. The van der Waals surface area contributed by atoms with Crippen molar-refractivity contribution in [1.82, 2.24) is 9.80 Å². The fourth-order valence-corrected chi connectivity index (χ4v) is 2.15. The highest BCUT2D eigenvalue weighted by molar-refractivity contribution is 6.31. The molecule has 2 unspecified atom stereocenters. The van der Waals surface area contributed by atoms with Crippen LogP contribution in [0, 0.1) is 0 Å². The van der Waals surface area contributed by atoms with Crippen LogP contribution < -0.4 is 0 Å². The number of hydrogen-bond acceptors (Lipinski definition) is 3. The summed E-state index contributed by atoms with van der Waals surface area (Å²) < 4.78 is 38.8. The molecule has 7 heteroatoms. The van der Waals surface area contributed by atoms with Gasteiger partial charge in [0.15, 0.2) is 0 Å². The van der Waals surface area contributed by atoms with E-state index in [0.29, 0.717) is 0 Å². The van der Waals surface area contributed by atoms with Gasteiger partial charge >= 0.3 is 6.18 Å². The molecule has 0 amide bonds. The second-order valence-electron chi connectivity index (χ2n) is 4.14. The Kier molecular flexibility index (Phi) is 3.99. The molecule has 1 aliphatic rings. The van der Waals surface area contributed by atoms with Crippen molar-refractivity contribution in [3.8, 4) is 0 Å². The summed E-state index contributed by atoms with van der Waals surface area (Å²) in [4.78, 5) is 2.29. The van der Waals surface area contributed by atoms with E-state index in [-0.39, 0.29) is 5.03 Å². The summed E-state index contributed by atoms with van der Waals surface area (Å²) in [5.74, 6) is -0.393. The maximum atomic E-state index is 12.9. The standard InChI is InChI=1S/C10H14ClF3N2O/c1-15(2)9(10(12,13)14)8-7(17)4-6(11)5-16(8)3/h4-5,8-9,17H,1-3H3. The number of rotatable bonds is 2. The molecule has 1 rings (SSSR count). The van der Waals surface area contributed by atoms with E-state index in [1.54, 1.807) is 0 Å². The Bertz CT molecular complexity index is 352. The van der Waals surface area contributed by atoms with Crippen molar-refractivity contribution in [2.75, 3.05) is 21.1 Å². The minimum absolute atomic E-state index is 0.195. The average molecular weight is 271 g/mol. The lowest BCUT2D eigenvalue weighted by Crippen LogP contribution is -2.56. The largest absolute Gasteiger partial charge is 0.510 e. The number of halogens is 4. The molecule has 1 heterocycles. The lowest BCUT2D eigenvalue weighted by molar-refractivity contribution is -0.189. The first-order valence-corrected chi connectivity index (χ1v) is 5.25. The molecule has 0 saturated heterocycles. The van der Waals surface area contributed by atoms with E-state index in [1.165, 1.54) is 32.2 Å². The number of aliphatic hydroxyl groups excluding tert-OH is 1. The smallest absolute Gasteiger partial charge is 0.406 e. The molecule has 0 aromatic carbocycles. The third-order valence-corrected chi connectivity index (χ3v) is 2.75. The molecule has 0 radical (unpaired) electrons. The lowest BCUT2D eigenvalue weighted by Gasteiger charge is -2.39. The van der Waals surface area contributed by atoms with Gasteiger partial charge < -0.3 is 10.0 Å².